The summed E-state index contributed by atoms with van der Waals surface area (Å²) in [5.74, 6) is 0.264. The van der Waals surface area contributed by atoms with E-state index in [2.05, 4.69) is 20.9 Å². The van der Waals surface area contributed by atoms with E-state index in [1.54, 1.807) is 32.3 Å². The Kier molecular flexibility index (Phi) is 11.9. The number of hydrogen-bond donors (Lipinski definition) is 5. The first-order valence-corrected chi connectivity index (χ1v) is 16.6. The zero-order chi connectivity index (χ0) is 35.6. The van der Waals surface area contributed by atoms with Gasteiger partial charge in [-0.3, -0.25) is 19.2 Å². The highest BCUT2D eigenvalue weighted by Crippen LogP contribution is 2.42. The number of nitrogens with one attached hydrogen (secondary N) is 4. The molecule has 2 unspecified atom stereocenters. The van der Waals surface area contributed by atoms with Gasteiger partial charge in [-0.2, -0.15) is 0 Å². The second-order valence-corrected chi connectivity index (χ2v) is 12.3. The van der Waals surface area contributed by atoms with Crippen molar-refractivity contribution in [3.05, 3.63) is 77.9 Å². The quantitative estimate of drug-likeness (QED) is 0.120. The van der Waals surface area contributed by atoms with E-state index in [1.807, 2.05) is 48.5 Å². The van der Waals surface area contributed by atoms with Gasteiger partial charge in [0, 0.05) is 49.2 Å². The van der Waals surface area contributed by atoms with Gasteiger partial charge < -0.3 is 45.8 Å². The minimum atomic E-state index is -0.684. The van der Waals surface area contributed by atoms with Crippen LogP contribution in [0, 0.1) is 0 Å². The number of rotatable bonds is 16. The highest BCUT2D eigenvalue weighted by molar-refractivity contribution is 5.94. The van der Waals surface area contributed by atoms with Crippen LogP contribution in [0.3, 0.4) is 0 Å². The standard InChI is InChI=1S/C37H44N6O7/c1-39-36(46)30(10-7-17-38)40-33(44)21-49-25-12-14-26-32(19-25)50-20-28-27-18-24(13-16-29(27)42-35(26)28)48-22-34(45)41-31(37(47)43(2)3)15-11-23-8-5-4-6-9-23/h4-6,8-9,12-14,16,18-19,30-31,42H,7,10-11,15,17,20-22,38H2,1-3H3,(H,39,46)(H,40,44)(H,41,45). The average molecular weight is 685 g/mol. The Balaban J connectivity index is 1.20. The van der Waals surface area contributed by atoms with Gasteiger partial charge in [0.1, 0.15) is 35.9 Å². The Labute approximate surface area is 290 Å². The normalized spacial score (nSPS) is 12.8. The first-order valence-electron chi connectivity index (χ1n) is 16.6. The number of H-pyrrole nitrogens is 1. The third-order valence-corrected chi connectivity index (χ3v) is 8.45. The molecule has 4 amide bonds. The SMILES string of the molecule is CNC(=O)C(CCCN)NC(=O)COc1ccc2c(c1)OCc1c-2[nH]c2ccc(OCC(=O)NC(CCc3ccccc3)C(=O)N(C)C)cc12. The third kappa shape index (κ3) is 8.91. The van der Waals surface area contributed by atoms with Crippen molar-refractivity contribution in [3.63, 3.8) is 0 Å². The van der Waals surface area contributed by atoms with Gasteiger partial charge >= 0.3 is 0 Å². The lowest BCUT2D eigenvalue weighted by Gasteiger charge is -2.22. The summed E-state index contributed by atoms with van der Waals surface area (Å²) in [6.45, 7) is 0.175. The number of nitrogens with two attached hydrogens (primary N) is 1. The zero-order valence-corrected chi connectivity index (χ0v) is 28.5. The van der Waals surface area contributed by atoms with Crippen LogP contribution in [0.2, 0.25) is 0 Å². The summed E-state index contributed by atoms with van der Waals surface area (Å²) < 4.78 is 17.7. The summed E-state index contributed by atoms with van der Waals surface area (Å²) in [6.07, 6.45) is 2.14. The van der Waals surface area contributed by atoms with E-state index in [-0.39, 0.29) is 37.5 Å². The molecule has 0 bridgehead atoms. The molecule has 5 rings (SSSR count). The summed E-state index contributed by atoms with van der Waals surface area (Å²) >= 11 is 0. The fourth-order valence-corrected chi connectivity index (χ4v) is 5.82. The molecular formula is C37H44N6O7. The Hall–Kier alpha value is -5.56. The van der Waals surface area contributed by atoms with Crippen molar-refractivity contribution in [3.8, 4) is 28.5 Å². The maximum atomic E-state index is 12.9. The molecule has 0 aliphatic carbocycles. The Morgan fingerprint density at radius 2 is 1.58 bits per heavy atom. The maximum Gasteiger partial charge on any atom is 0.258 e. The maximum absolute atomic E-state index is 12.9. The molecule has 264 valence electrons. The van der Waals surface area contributed by atoms with Gasteiger partial charge in [0.2, 0.25) is 11.8 Å². The fourth-order valence-electron chi connectivity index (χ4n) is 5.82. The minimum Gasteiger partial charge on any atom is -0.488 e. The molecule has 13 nitrogen and oxygen atoms in total. The molecule has 1 aliphatic rings. The summed E-state index contributed by atoms with van der Waals surface area (Å²) in [6, 6.07) is 19.3. The van der Waals surface area contributed by atoms with Crippen LogP contribution >= 0.6 is 0 Å². The van der Waals surface area contributed by atoms with Crippen molar-refractivity contribution in [2.24, 2.45) is 5.73 Å². The van der Waals surface area contributed by atoms with Crippen LogP contribution in [0.4, 0.5) is 0 Å². The molecule has 0 radical (unpaired) electrons. The Morgan fingerprint density at radius 1 is 0.900 bits per heavy atom. The van der Waals surface area contributed by atoms with Crippen LogP contribution in [-0.4, -0.2) is 86.5 Å². The molecule has 0 saturated carbocycles. The van der Waals surface area contributed by atoms with Crippen molar-refractivity contribution in [1.82, 2.24) is 25.8 Å². The van der Waals surface area contributed by atoms with Crippen LogP contribution in [0.5, 0.6) is 17.2 Å². The van der Waals surface area contributed by atoms with Gasteiger partial charge in [-0.25, -0.2) is 0 Å². The molecule has 13 heteroatoms. The van der Waals surface area contributed by atoms with E-state index in [9.17, 15) is 19.2 Å². The number of carbonyl (C=O) groups excluding carboxylic acids is 4. The summed E-state index contributed by atoms with van der Waals surface area (Å²) in [4.78, 5) is 55.3. The smallest absolute Gasteiger partial charge is 0.258 e. The Bertz CT molecular complexity index is 1820. The first-order chi connectivity index (χ1) is 24.2. The molecule has 2 heterocycles. The van der Waals surface area contributed by atoms with Crippen LogP contribution < -0.4 is 35.9 Å². The van der Waals surface area contributed by atoms with Crippen LogP contribution in [-0.2, 0) is 32.2 Å². The van der Waals surface area contributed by atoms with Crippen LogP contribution in [0.1, 0.15) is 30.4 Å². The van der Waals surface area contributed by atoms with Crippen molar-refractivity contribution < 1.29 is 33.4 Å². The number of likely N-dealkylation sites (N-methyl/N-ethyl adjacent to an activating group) is 2. The molecule has 2 atom stereocenters. The number of aromatic amines is 1. The number of aryl methyl sites for hydroxylation is 1. The van der Waals surface area contributed by atoms with Crippen molar-refractivity contribution in [2.45, 2.75) is 44.4 Å². The van der Waals surface area contributed by atoms with E-state index >= 15 is 0 Å². The van der Waals surface area contributed by atoms with Gasteiger partial charge in [-0.15, -0.1) is 0 Å². The van der Waals surface area contributed by atoms with Crippen molar-refractivity contribution in [2.75, 3.05) is 40.9 Å². The van der Waals surface area contributed by atoms with Gasteiger partial charge in [0.05, 0.1) is 5.69 Å². The summed E-state index contributed by atoms with van der Waals surface area (Å²) in [5, 5.41) is 8.98. The predicted molar refractivity (Wildman–Crippen MR) is 189 cm³/mol. The highest BCUT2D eigenvalue weighted by atomic mass is 16.5. The zero-order valence-electron chi connectivity index (χ0n) is 28.5. The van der Waals surface area contributed by atoms with E-state index in [0.29, 0.717) is 49.5 Å². The molecule has 0 fully saturated rings. The highest BCUT2D eigenvalue weighted by Gasteiger charge is 2.25. The summed E-state index contributed by atoms with van der Waals surface area (Å²) in [7, 11) is 4.85. The number of amides is 4. The van der Waals surface area contributed by atoms with Gasteiger partial charge in [0.15, 0.2) is 13.2 Å². The van der Waals surface area contributed by atoms with Crippen LogP contribution in [0.25, 0.3) is 22.2 Å². The van der Waals surface area contributed by atoms with Crippen molar-refractivity contribution >= 4 is 34.5 Å². The number of ether oxygens (including phenoxy) is 3. The number of aromatic nitrogens is 1. The Morgan fingerprint density at radius 3 is 2.26 bits per heavy atom. The first kappa shape index (κ1) is 35.7. The molecule has 1 aliphatic heterocycles. The molecule has 3 aromatic carbocycles. The topological polar surface area (TPSA) is 177 Å². The van der Waals surface area contributed by atoms with E-state index in [1.165, 1.54) is 11.9 Å². The molecular weight excluding hydrogens is 640 g/mol. The summed E-state index contributed by atoms with van der Waals surface area (Å²) in [5.41, 5.74) is 10.2. The molecule has 4 aromatic rings. The second-order valence-electron chi connectivity index (χ2n) is 12.3. The van der Waals surface area contributed by atoms with Crippen molar-refractivity contribution in [1.29, 1.82) is 0 Å². The average Bonchev–Trinajstić information content (AvgIpc) is 3.51. The molecule has 0 saturated heterocycles. The number of hydrogen-bond acceptors (Lipinski definition) is 8. The minimum absolute atomic E-state index is 0.177. The lowest BCUT2D eigenvalue weighted by Crippen LogP contribution is -2.47. The fraction of sp³-hybridized carbons (Fsp3) is 0.351. The van der Waals surface area contributed by atoms with E-state index < -0.39 is 18.0 Å². The van der Waals surface area contributed by atoms with Crippen LogP contribution in [0.15, 0.2) is 66.7 Å². The molecule has 0 spiro atoms. The number of carbonyl (C=O) groups is 4. The lowest BCUT2D eigenvalue weighted by molar-refractivity contribution is -0.135. The van der Waals surface area contributed by atoms with Gasteiger partial charge in [0.25, 0.3) is 11.8 Å². The van der Waals surface area contributed by atoms with E-state index in [4.69, 9.17) is 19.9 Å². The largest absolute Gasteiger partial charge is 0.488 e. The predicted octanol–water partition coefficient (Wildman–Crippen LogP) is 2.66. The van der Waals surface area contributed by atoms with Gasteiger partial charge in [-0.05, 0) is 68.1 Å². The molecule has 1 aromatic heterocycles. The monoisotopic (exact) mass is 684 g/mol. The number of fused-ring (bicyclic) bond motifs is 5. The molecule has 6 N–H and O–H groups in total. The van der Waals surface area contributed by atoms with E-state index in [0.717, 1.165) is 33.3 Å². The molecule has 50 heavy (non-hydrogen) atoms. The third-order valence-electron chi connectivity index (χ3n) is 8.45. The van der Waals surface area contributed by atoms with Gasteiger partial charge in [-0.1, -0.05) is 30.3 Å². The lowest BCUT2D eigenvalue weighted by atomic mass is 10.0. The number of nitrogens with zero attached hydrogens (tertiary/aromatic N) is 1. The number of benzene rings is 3. The second kappa shape index (κ2) is 16.7.